The Morgan fingerprint density at radius 3 is 2.50 bits per heavy atom. The van der Waals surface area contributed by atoms with Gasteiger partial charge in [-0.25, -0.2) is 0 Å². The fourth-order valence-corrected chi connectivity index (χ4v) is 3.40. The van der Waals surface area contributed by atoms with Gasteiger partial charge in [0.25, 0.3) is 5.91 Å². The first-order valence-electron chi connectivity index (χ1n) is 7.10. The Labute approximate surface area is 123 Å². The number of carbonyl (C=O) groups excluding carboxylic acids is 2. The van der Waals surface area contributed by atoms with E-state index in [1.807, 2.05) is 0 Å². The maximum absolute atomic E-state index is 12.0. The number of amides is 1. The third kappa shape index (κ3) is 3.90. The molecule has 1 saturated carbocycles. The van der Waals surface area contributed by atoms with Gasteiger partial charge >= 0.3 is 0 Å². The highest BCUT2D eigenvalue weighted by molar-refractivity contribution is 7.12. The van der Waals surface area contributed by atoms with E-state index in [-0.39, 0.29) is 11.7 Å². The van der Waals surface area contributed by atoms with Crippen molar-refractivity contribution in [1.29, 1.82) is 0 Å². The first-order chi connectivity index (χ1) is 9.50. The van der Waals surface area contributed by atoms with E-state index in [0.29, 0.717) is 17.0 Å². The number of hydrogen-bond donors (Lipinski definition) is 2. The van der Waals surface area contributed by atoms with Crippen LogP contribution in [0.4, 0.5) is 0 Å². The molecule has 1 aliphatic rings. The van der Waals surface area contributed by atoms with E-state index in [2.05, 4.69) is 5.32 Å². The fourth-order valence-electron chi connectivity index (χ4n) is 2.54. The van der Waals surface area contributed by atoms with Crippen LogP contribution < -0.4 is 5.32 Å². The van der Waals surface area contributed by atoms with Crippen molar-refractivity contribution in [2.24, 2.45) is 0 Å². The predicted molar refractivity (Wildman–Crippen MR) is 79.3 cm³/mol. The van der Waals surface area contributed by atoms with E-state index in [1.165, 1.54) is 18.3 Å². The number of carbonyl (C=O) groups is 2. The minimum Gasteiger partial charge on any atom is -0.388 e. The van der Waals surface area contributed by atoms with Crippen LogP contribution in [0.1, 0.15) is 65.5 Å². The first-order valence-corrected chi connectivity index (χ1v) is 7.98. The summed E-state index contributed by atoms with van der Waals surface area (Å²) in [5.41, 5.74) is -0.208. The quantitative estimate of drug-likeness (QED) is 0.663. The summed E-state index contributed by atoms with van der Waals surface area (Å²) in [6, 6.07) is 1.61. The third-order valence-corrected chi connectivity index (χ3v) is 4.77. The van der Waals surface area contributed by atoms with Crippen LogP contribution in [0.3, 0.4) is 0 Å². The molecule has 110 valence electrons. The smallest absolute Gasteiger partial charge is 0.261 e. The average molecular weight is 295 g/mol. The maximum Gasteiger partial charge on any atom is 0.261 e. The summed E-state index contributed by atoms with van der Waals surface area (Å²) in [7, 11) is 0. The Morgan fingerprint density at radius 1 is 1.30 bits per heavy atom. The third-order valence-electron chi connectivity index (χ3n) is 3.84. The lowest BCUT2D eigenvalue weighted by atomic mass is 9.94. The molecule has 5 heteroatoms. The highest BCUT2D eigenvalue weighted by atomic mass is 32.1. The summed E-state index contributed by atoms with van der Waals surface area (Å²) >= 11 is 1.26. The van der Waals surface area contributed by atoms with Crippen LogP contribution in [0, 0.1) is 0 Å². The van der Waals surface area contributed by atoms with Crippen molar-refractivity contribution < 1.29 is 14.7 Å². The average Bonchev–Trinajstić information content (AvgIpc) is 2.81. The lowest BCUT2D eigenvalue weighted by molar-refractivity contribution is 0.0247. The predicted octanol–water partition coefficient (Wildman–Crippen LogP) is 2.77. The zero-order chi connectivity index (χ0) is 14.6. The normalized spacial score (nSPS) is 18.3. The molecular formula is C15H21NO3S. The number of Topliss-reactive ketones (excluding diaryl/α,β-unsaturated/α-hetero) is 1. The van der Waals surface area contributed by atoms with Gasteiger partial charge in [-0.1, -0.05) is 25.7 Å². The SMILES string of the molecule is CC(=O)c1csc(C(=O)NCC2(O)CCCCCC2)c1. The summed E-state index contributed by atoms with van der Waals surface area (Å²) in [6.45, 7) is 1.77. The zero-order valence-electron chi connectivity index (χ0n) is 11.8. The Hall–Kier alpha value is -1.20. The molecule has 2 rings (SSSR count). The van der Waals surface area contributed by atoms with Gasteiger partial charge in [0.2, 0.25) is 0 Å². The second-order valence-corrected chi connectivity index (χ2v) is 6.49. The van der Waals surface area contributed by atoms with Gasteiger partial charge in [0.05, 0.1) is 10.5 Å². The van der Waals surface area contributed by atoms with Crippen LogP contribution >= 0.6 is 11.3 Å². The van der Waals surface area contributed by atoms with Crippen molar-refractivity contribution in [3.8, 4) is 0 Å². The second kappa shape index (κ2) is 6.50. The molecule has 0 spiro atoms. The Bertz CT molecular complexity index is 487. The topological polar surface area (TPSA) is 66.4 Å². The van der Waals surface area contributed by atoms with Crippen LogP contribution in [0.5, 0.6) is 0 Å². The number of thiophene rings is 1. The van der Waals surface area contributed by atoms with Crippen molar-refractivity contribution in [2.45, 2.75) is 51.0 Å². The fraction of sp³-hybridized carbons (Fsp3) is 0.600. The molecule has 0 aliphatic heterocycles. The first kappa shape index (κ1) is 15.2. The van der Waals surface area contributed by atoms with E-state index >= 15 is 0 Å². The van der Waals surface area contributed by atoms with Crippen molar-refractivity contribution in [2.75, 3.05) is 6.54 Å². The van der Waals surface area contributed by atoms with Crippen molar-refractivity contribution >= 4 is 23.0 Å². The van der Waals surface area contributed by atoms with E-state index in [0.717, 1.165) is 38.5 Å². The van der Waals surface area contributed by atoms with Gasteiger partial charge in [0.1, 0.15) is 0 Å². The molecule has 1 aromatic rings. The molecule has 4 nitrogen and oxygen atoms in total. The van der Waals surface area contributed by atoms with Gasteiger partial charge in [-0.05, 0) is 25.8 Å². The Balaban J connectivity index is 1.92. The molecule has 1 aliphatic carbocycles. The van der Waals surface area contributed by atoms with Crippen LogP contribution in [-0.4, -0.2) is 28.9 Å². The van der Waals surface area contributed by atoms with Crippen LogP contribution in [0.2, 0.25) is 0 Å². The molecule has 0 aromatic carbocycles. The van der Waals surface area contributed by atoms with E-state index in [4.69, 9.17) is 0 Å². The lowest BCUT2D eigenvalue weighted by Gasteiger charge is -2.26. The van der Waals surface area contributed by atoms with Gasteiger partial charge in [-0.2, -0.15) is 0 Å². The zero-order valence-corrected chi connectivity index (χ0v) is 12.6. The minimum atomic E-state index is -0.771. The molecule has 1 amide bonds. The van der Waals surface area contributed by atoms with Crippen LogP contribution in [0.15, 0.2) is 11.4 Å². The largest absolute Gasteiger partial charge is 0.388 e. The molecule has 1 fully saturated rings. The van der Waals surface area contributed by atoms with Crippen molar-refractivity contribution in [3.05, 3.63) is 21.9 Å². The molecule has 0 bridgehead atoms. The molecule has 1 heterocycles. The minimum absolute atomic E-state index is 0.0392. The van der Waals surface area contributed by atoms with Gasteiger partial charge in [0.15, 0.2) is 5.78 Å². The van der Waals surface area contributed by atoms with Gasteiger partial charge < -0.3 is 10.4 Å². The standard InChI is InChI=1S/C15H21NO3S/c1-11(17)12-8-13(20-9-12)14(18)16-10-15(19)6-4-2-3-5-7-15/h8-9,19H,2-7,10H2,1H3,(H,16,18). The van der Waals surface area contributed by atoms with Gasteiger partial charge in [-0.15, -0.1) is 11.3 Å². The summed E-state index contributed by atoms with van der Waals surface area (Å²) in [5, 5.41) is 15.0. The lowest BCUT2D eigenvalue weighted by Crippen LogP contribution is -2.42. The molecule has 0 saturated heterocycles. The molecule has 0 unspecified atom stereocenters. The molecular weight excluding hydrogens is 274 g/mol. The maximum atomic E-state index is 12.0. The number of hydrogen-bond acceptors (Lipinski definition) is 4. The summed E-state index contributed by atoms with van der Waals surface area (Å²) < 4.78 is 0. The molecule has 2 N–H and O–H groups in total. The van der Waals surface area contributed by atoms with E-state index in [1.54, 1.807) is 11.4 Å². The van der Waals surface area contributed by atoms with Crippen LogP contribution in [-0.2, 0) is 0 Å². The van der Waals surface area contributed by atoms with Crippen molar-refractivity contribution in [3.63, 3.8) is 0 Å². The molecule has 20 heavy (non-hydrogen) atoms. The van der Waals surface area contributed by atoms with Gasteiger partial charge in [0, 0.05) is 17.5 Å². The summed E-state index contributed by atoms with van der Waals surface area (Å²) in [6.07, 6.45) is 5.83. The second-order valence-electron chi connectivity index (χ2n) is 5.58. The highest BCUT2D eigenvalue weighted by Gasteiger charge is 2.28. The molecule has 1 aromatic heterocycles. The number of ketones is 1. The van der Waals surface area contributed by atoms with Crippen molar-refractivity contribution in [1.82, 2.24) is 5.32 Å². The Kier molecular flexibility index (Phi) is 4.94. The molecule has 0 atom stereocenters. The van der Waals surface area contributed by atoms with Gasteiger partial charge in [-0.3, -0.25) is 9.59 Å². The Morgan fingerprint density at radius 2 is 1.95 bits per heavy atom. The summed E-state index contributed by atoms with van der Waals surface area (Å²) in [5.74, 6) is -0.247. The number of aliphatic hydroxyl groups is 1. The molecule has 0 radical (unpaired) electrons. The van der Waals surface area contributed by atoms with E-state index < -0.39 is 5.60 Å². The van der Waals surface area contributed by atoms with E-state index in [9.17, 15) is 14.7 Å². The number of nitrogens with one attached hydrogen (secondary N) is 1. The summed E-state index contributed by atoms with van der Waals surface area (Å²) in [4.78, 5) is 23.8. The number of rotatable bonds is 4. The highest BCUT2D eigenvalue weighted by Crippen LogP contribution is 2.26. The van der Waals surface area contributed by atoms with Crippen LogP contribution in [0.25, 0.3) is 0 Å². The monoisotopic (exact) mass is 295 g/mol.